The number of nitrogens with zero attached hydrogens (tertiary/aromatic N) is 3. The first-order valence-corrected chi connectivity index (χ1v) is 6.06. The van der Waals surface area contributed by atoms with Gasteiger partial charge in [-0.1, -0.05) is 49.3 Å². The second-order valence-electron chi connectivity index (χ2n) is 4.25. The lowest BCUT2D eigenvalue weighted by atomic mass is 9.95. The molecule has 0 spiro atoms. The first-order chi connectivity index (χ1) is 8.27. The molecule has 4 nitrogen and oxygen atoms in total. The Balaban J connectivity index is 2.63. The second kappa shape index (κ2) is 7.71. The molecule has 0 aromatic heterocycles. The van der Waals surface area contributed by atoms with E-state index in [0.29, 0.717) is 5.92 Å². The predicted molar refractivity (Wildman–Crippen MR) is 70.8 cm³/mol. The lowest BCUT2D eigenvalue weighted by Gasteiger charge is -2.19. The Labute approximate surface area is 103 Å². The molecule has 17 heavy (non-hydrogen) atoms. The molecule has 0 saturated carbocycles. The number of azide groups is 1. The Morgan fingerprint density at radius 2 is 2.06 bits per heavy atom. The Bertz CT molecular complexity index is 357. The van der Waals surface area contributed by atoms with E-state index in [2.05, 4.69) is 41.3 Å². The van der Waals surface area contributed by atoms with Gasteiger partial charge in [-0.05, 0) is 36.5 Å². The van der Waals surface area contributed by atoms with Crippen molar-refractivity contribution in [3.8, 4) is 0 Å². The van der Waals surface area contributed by atoms with Crippen molar-refractivity contribution in [2.45, 2.75) is 26.3 Å². The molecule has 0 aliphatic rings. The molecule has 0 aliphatic carbocycles. The van der Waals surface area contributed by atoms with Gasteiger partial charge in [0.05, 0.1) is 0 Å². The molecule has 92 valence electrons. The van der Waals surface area contributed by atoms with Crippen molar-refractivity contribution in [3.05, 3.63) is 46.3 Å². The minimum absolute atomic E-state index is 0.0152. The highest BCUT2D eigenvalue weighted by Gasteiger charge is 2.15. The minimum Gasteiger partial charge on any atom is -0.317 e. The van der Waals surface area contributed by atoms with Crippen LogP contribution < -0.4 is 5.32 Å². The van der Waals surface area contributed by atoms with Crippen LogP contribution in [-0.4, -0.2) is 19.1 Å². The molecule has 0 amide bonds. The van der Waals surface area contributed by atoms with Gasteiger partial charge in [0.2, 0.25) is 0 Å². The van der Waals surface area contributed by atoms with Crippen LogP contribution in [0.15, 0.2) is 35.4 Å². The number of hydrogen-bond donors (Lipinski definition) is 1. The molecule has 0 saturated heterocycles. The maximum Gasteiger partial charge on any atom is 0.0452 e. The Morgan fingerprint density at radius 3 is 2.65 bits per heavy atom. The van der Waals surface area contributed by atoms with E-state index in [1.54, 1.807) is 0 Å². The van der Waals surface area contributed by atoms with E-state index in [-0.39, 0.29) is 6.04 Å². The summed E-state index contributed by atoms with van der Waals surface area (Å²) >= 11 is 0. The van der Waals surface area contributed by atoms with Crippen LogP contribution in [0.5, 0.6) is 0 Å². The van der Waals surface area contributed by atoms with Crippen LogP contribution in [0.2, 0.25) is 0 Å². The predicted octanol–water partition coefficient (Wildman–Crippen LogP) is 3.15. The third kappa shape index (κ3) is 4.89. The first kappa shape index (κ1) is 13.6. The molecule has 4 heteroatoms. The maximum atomic E-state index is 8.63. The summed E-state index contributed by atoms with van der Waals surface area (Å²) in [6, 6.07) is 10.2. The Morgan fingerprint density at radius 1 is 1.35 bits per heavy atom. The van der Waals surface area contributed by atoms with Crippen LogP contribution in [-0.2, 0) is 6.42 Å². The van der Waals surface area contributed by atoms with Crippen LogP contribution in [0.3, 0.4) is 0 Å². The Hall–Kier alpha value is -1.51. The van der Waals surface area contributed by atoms with Crippen molar-refractivity contribution >= 4 is 0 Å². The zero-order chi connectivity index (χ0) is 12.5. The summed E-state index contributed by atoms with van der Waals surface area (Å²) in [7, 11) is 0. The van der Waals surface area contributed by atoms with Gasteiger partial charge in [-0.15, -0.1) is 0 Å². The molecule has 0 heterocycles. The molecule has 0 radical (unpaired) electrons. The van der Waals surface area contributed by atoms with Crippen LogP contribution in [0.25, 0.3) is 10.4 Å². The van der Waals surface area contributed by atoms with E-state index in [0.717, 1.165) is 19.5 Å². The van der Waals surface area contributed by atoms with Gasteiger partial charge in [0.1, 0.15) is 0 Å². The van der Waals surface area contributed by atoms with Crippen LogP contribution in [0.1, 0.15) is 19.4 Å². The van der Waals surface area contributed by atoms with Gasteiger partial charge in [0, 0.05) is 11.0 Å². The number of benzene rings is 1. The van der Waals surface area contributed by atoms with Crippen molar-refractivity contribution in [1.29, 1.82) is 0 Å². The second-order valence-corrected chi connectivity index (χ2v) is 4.25. The van der Waals surface area contributed by atoms with E-state index in [9.17, 15) is 0 Å². The molecule has 1 aromatic carbocycles. The fraction of sp³-hybridized carbons (Fsp3) is 0.538. The number of nitrogens with one attached hydrogen (secondary N) is 1. The molecule has 0 aliphatic heterocycles. The molecule has 2 atom stereocenters. The Kier molecular flexibility index (Phi) is 6.15. The highest BCUT2D eigenvalue weighted by Crippen LogP contribution is 2.14. The molecule has 1 rings (SSSR count). The maximum absolute atomic E-state index is 8.63. The van der Waals surface area contributed by atoms with Crippen LogP contribution in [0, 0.1) is 5.92 Å². The third-order valence-corrected chi connectivity index (χ3v) is 2.86. The van der Waals surface area contributed by atoms with Gasteiger partial charge in [-0.3, -0.25) is 0 Å². The number of hydrogen-bond acceptors (Lipinski definition) is 2. The standard InChI is InChI=1S/C13H20N4/c1-3-15-10-11(2)13(16-17-14)9-12-7-5-4-6-8-12/h4-8,11,13,15H,3,9-10H2,1-2H3/t11-,13?/m1/s1. The molecule has 1 aromatic rings. The lowest BCUT2D eigenvalue weighted by Crippen LogP contribution is -2.29. The third-order valence-electron chi connectivity index (χ3n) is 2.86. The van der Waals surface area contributed by atoms with Crippen molar-refractivity contribution in [3.63, 3.8) is 0 Å². The summed E-state index contributed by atoms with van der Waals surface area (Å²) in [5.74, 6) is 0.339. The van der Waals surface area contributed by atoms with Crippen molar-refractivity contribution in [2.75, 3.05) is 13.1 Å². The van der Waals surface area contributed by atoms with E-state index >= 15 is 0 Å². The summed E-state index contributed by atoms with van der Waals surface area (Å²) in [6.45, 7) is 6.02. The van der Waals surface area contributed by atoms with E-state index in [4.69, 9.17) is 5.53 Å². The summed E-state index contributed by atoms with van der Waals surface area (Å²) < 4.78 is 0. The molecule has 0 fully saturated rings. The molecule has 1 unspecified atom stereocenters. The average Bonchev–Trinajstić information content (AvgIpc) is 2.36. The van der Waals surface area contributed by atoms with Crippen molar-refractivity contribution in [1.82, 2.24) is 5.32 Å². The number of rotatable bonds is 7. The zero-order valence-corrected chi connectivity index (χ0v) is 10.5. The average molecular weight is 232 g/mol. The van der Waals surface area contributed by atoms with Gasteiger partial charge < -0.3 is 5.32 Å². The molecule has 0 bridgehead atoms. The summed E-state index contributed by atoms with van der Waals surface area (Å²) in [4.78, 5) is 2.96. The monoisotopic (exact) mass is 232 g/mol. The van der Waals surface area contributed by atoms with E-state index < -0.39 is 0 Å². The van der Waals surface area contributed by atoms with Crippen molar-refractivity contribution < 1.29 is 0 Å². The summed E-state index contributed by atoms with van der Waals surface area (Å²) in [6.07, 6.45) is 0.803. The minimum atomic E-state index is 0.0152. The van der Waals surface area contributed by atoms with E-state index in [1.165, 1.54) is 5.56 Å². The molecular formula is C13H20N4. The quantitative estimate of drug-likeness (QED) is 0.438. The van der Waals surface area contributed by atoms with Gasteiger partial charge >= 0.3 is 0 Å². The van der Waals surface area contributed by atoms with E-state index in [1.807, 2.05) is 18.2 Å². The van der Waals surface area contributed by atoms with Gasteiger partial charge in [-0.25, -0.2) is 0 Å². The van der Waals surface area contributed by atoms with Gasteiger partial charge in [-0.2, -0.15) is 0 Å². The lowest BCUT2D eigenvalue weighted by molar-refractivity contribution is 0.426. The highest BCUT2D eigenvalue weighted by atomic mass is 15.2. The first-order valence-electron chi connectivity index (χ1n) is 6.06. The van der Waals surface area contributed by atoms with Crippen molar-refractivity contribution in [2.24, 2.45) is 11.0 Å². The van der Waals surface area contributed by atoms with Crippen LogP contribution >= 0.6 is 0 Å². The fourth-order valence-corrected chi connectivity index (χ4v) is 1.79. The normalized spacial score (nSPS) is 13.8. The molecular weight excluding hydrogens is 212 g/mol. The smallest absolute Gasteiger partial charge is 0.0452 e. The highest BCUT2D eigenvalue weighted by molar-refractivity contribution is 5.16. The fourth-order valence-electron chi connectivity index (χ4n) is 1.79. The van der Waals surface area contributed by atoms with Crippen LogP contribution in [0.4, 0.5) is 0 Å². The zero-order valence-electron chi connectivity index (χ0n) is 10.5. The SMILES string of the molecule is CCNC[C@@H](C)C(Cc1ccccc1)N=[N+]=[N-]. The molecule has 1 N–H and O–H groups in total. The largest absolute Gasteiger partial charge is 0.317 e. The summed E-state index contributed by atoms with van der Waals surface area (Å²) in [5, 5.41) is 7.20. The van der Waals surface area contributed by atoms with Gasteiger partial charge in [0.25, 0.3) is 0 Å². The topological polar surface area (TPSA) is 60.8 Å². The summed E-state index contributed by atoms with van der Waals surface area (Å²) in [5.41, 5.74) is 9.84. The van der Waals surface area contributed by atoms with Gasteiger partial charge in [0.15, 0.2) is 0 Å².